The molecular formula is C55H40N2. The average molecular weight is 729 g/mol. The standard InChI is InChI=1S/C55H40N2/c1-35-13-10-17-37(31-35)43-20-6-8-24-51(43)57-52-25-9-7-22-45(52)46-29-27-41(34-53(46)57)56(50-26-12-16-36-14-2-4-19-42(36)50)40-28-30-48-49(33-40)47-23-11-18-39-32-38-15-3-5-21-44(38)55(48)54(39)47/h3-13,15-30,32-35H,2,14,31H2,1H3. The fraction of sp³-hybridized carbons (Fsp3) is 0.0909. The van der Waals surface area contributed by atoms with Gasteiger partial charge in [0.15, 0.2) is 0 Å². The third-order valence-corrected chi connectivity index (χ3v) is 12.7. The molecule has 8 aromatic carbocycles. The molecule has 0 radical (unpaired) electrons. The summed E-state index contributed by atoms with van der Waals surface area (Å²) in [5, 5.41) is 7.78. The van der Waals surface area contributed by atoms with E-state index in [1.54, 1.807) is 0 Å². The first kappa shape index (κ1) is 32.4. The van der Waals surface area contributed by atoms with Crippen LogP contribution in [0, 0.1) is 5.92 Å². The van der Waals surface area contributed by atoms with Crippen LogP contribution < -0.4 is 4.90 Å². The molecule has 0 aliphatic heterocycles. The van der Waals surface area contributed by atoms with E-state index in [1.807, 2.05) is 0 Å². The monoisotopic (exact) mass is 728 g/mol. The van der Waals surface area contributed by atoms with Crippen LogP contribution in [-0.2, 0) is 6.42 Å². The van der Waals surface area contributed by atoms with Gasteiger partial charge >= 0.3 is 0 Å². The summed E-state index contributed by atoms with van der Waals surface area (Å²) in [7, 11) is 0. The molecule has 0 bridgehead atoms. The summed E-state index contributed by atoms with van der Waals surface area (Å²) in [5.41, 5.74) is 17.8. The van der Waals surface area contributed by atoms with Crippen molar-refractivity contribution >= 4 is 72.1 Å². The molecule has 0 N–H and O–H groups in total. The summed E-state index contributed by atoms with van der Waals surface area (Å²) in [5.74, 6) is 0.507. The minimum Gasteiger partial charge on any atom is -0.310 e. The topological polar surface area (TPSA) is 8.17 Å². The maximum absolute atomic E-state index is 2.51. The number of aromatic nitrogens is 1. The predicted molar refractivity (Wildman–Crippen MR) is 243 cm³/mol. The van der Waals surface area contributed by atoms with Crippen LogP contribution in [0.1, 0.15) is 36.5 Å². The molecule has 57 heavy (non-hydrogen) atoms. The second-order valence-corrected chi connectivity index (χ2v) is 16.1. The van der Waals surface area contributed by atoms with Gasteiger partial charge < -0.3 is 9.47 Å². The van der Waals surface area contributed by atoms with Crippen molar-refractivity contribution in [3.05, 3.63) is 193 Å². The van der Waals surface area contributed by atoms with Gasteiger partial charge in [-0.05, 0) is 129 Å². The lowest BCUT2D eigenvalue weighted by Crippen LogP contribution is -2.13. The van der Waals surface area contributed by atoms with Gasteiger partial charge in [0.05, 0.1) is 22.4 Å². The molecule has 1 unspecified atom stereocenters. The van der Waals surface area contributed by atoms with E-state index in [-0.39, 0.29) is 0 Å². The molecular weight excluding hydrogens is 689 g/mol. The van der Waals surface area contributed by atoms with Crippen LogP contribution in [0.2, 0.25) is 0 Å². The Morgan fingerprint density at radius 1 is 0.596 bits per heavy atom. The van der Waals surface area contributed by atoms with Crippen LogP contribution >= 0.6 is 0 Å². The van der Waals surface area contributed by atoms with E-state index < -0.39 is 0 Å². The molecule has 0 amide bonds. The zero-order valence-corrected chi connectivity index (χ0v) is 31.9. The summed E-state index contributed by atoms with van der Waals surface area (Å²) in [6.07, 6.45) is 14.7. The van der Waals surface area contributed by atoms with Crippen molar-refractivity contribution < 1.29 is 0 Å². The Hall–Kier alpha value is -6.90. The van der Waals surface area contributed by atoms with Crippen molar-refractivity contribution in [1.29, 1.82) is 0 Å². The van der Waals surface area contributed by atoms with Crippen LogP contribution in [0.5, 0.6) is 0 Å². The molecule has 2 nitrogen and oxygen atoms in total. The average Bonchev–Trinajstić information content (AvgIpc) is 3.77. The van der Waals surface area contributed by atoms with Crippen LogP contribution in [0.25, 0.3) is 82.9 Å². The van der Waals surface area contributed by atoms with Crippen molar-refractivity contribution in [2.45, 2.75) is 26.2 Å². The molecule has 9 aromatic rings. The van der Waals surface area contributed by atoms with Gasteiger partial charge in [0, 0.05) is 33.3 Å². The van der Waals surface area contributed by atoms with Gasteiger partial charge in [-0.15, -0.1) is 0 Å². The fourth-order valence-electron chi connectivity index (χ4n) is 10.2. The number of aryl methyl sites for hydroxylation is 1. The molecule has 270 valence electrons. The largest absolute Gasteiger partial charge is 0.310 e. The minimum atomic E-state index is 0.507. The first-order valence-electron chi connectivity index (χ1n) is 20.4. The molecule has 1 heterocycles. The third kappa shape index (κ3) is 4.90. The maximum Gasteiger partial charge on any atom is 0.0562 e. The normalized spacial score (nSPS) is 15.4. The number of rotatable bonds is 5. The lowest BCUT2D eigenvalue weighted by molar-refractivity contribution is 0.748. The molecule has 0 spiro atoms. The summed E-state index contributed by atoms with van der Waals surface area (Å²) >= 11 is 0. The number of anilines is 3. The maximum atomic E-state index is 2.51. The van der Waals surface area contributed by atoms with Crippen LogP contribution in [0.3, 0.4) is 0 Å². The number of fused-ring (bicyclic) bond motifs is 9. The number of para-hydroxylation sites is 2. The molecule has 0 saturated heterocycles. The van der Waals surface area contributed by atoms with Crippen LogP contribution in [-0.4, -0.2) is 4.57 Å². The summed E-state index contributed by atoms with van der Waals surface area (Å²) in [6, 6.07) is 57.1. The van der Waals surface area contributed by atoms with Gasteiger partial charge in [0.25, 0.3) is 0 Å². The van der Waals surface area contributed by atoms with E-state index in [0.29, 0.717) is 5.92 Å². The first-order chi connectivity index (χ1) is 28.2. The number of benzene rings is 8. The fourth-order valence-corrected chi connectivity index (χ4v) is 10.2. The van der Waals surface area contributed by atoms with Crippen LogP contribution in [0.15, 0.2) is 176 Å². The first-order valence-corrected chi connectivity index (χ1v) is 20.4. The van der Waals surface area contributed by atoms with Gasteiger partial charge in [0.2, 0.25) is 0 Å². The molecule has 1 atom stereocenters. The smallest absolute Gasteiger partial charge is 0.0562 e. The highest BCUT2D eigenvalue weighted by molar-refractivity contribution is 6.24. The summed E-state index contributed by atoms with van der Waals surface area (Å²) < 4.78 is 2.51. The van der Waals surface area contributed by atoms with Crippen molar-refractivity contribution in [1.82, 2.24) is 4.57 Å². The van der Waals surface area contributed by atoms with Gasteiger partial charge in [-0.2, -0.15) is 0 Å². The number of nitrogens with zero attached hydrogens (tertiary/aromatic N) is 2. The van der Waals surface area contributed by atoms with E-state index >= 15 is 0 Å². The predicted octanol–water partition coefficient (Wildman–Crippen LogP) is 15.1. The van der Waals surface area contributed by atoms with Crippen LogP contribution in [0.4, 0.5) is 17.1 Å². The zero-order valence-electron chi connectivity index (χ0n) is 31.9. The van der Waals surface area contributed by atoms with E-state index in [2.05, 4.69) is 198 Å². The van der Waals surface area contributed by atoms with E-state index in [4.69, 9.17) is 0 Å². The zero-order chi connectivity index (χ0) is 37.6. The Morgan fingerprint density at radius 2 is 1.37 bits per heavy atom. The lowest BCUT2D eigenvalue weighted by atomic mass is 9.90. The second kappa shape index (κ2) is 12.6. The van der Waals surface area contributed by atoms with Crippen molar-refractivity contribution in [3.63, 3.8) is 0 Å². The highest BCUT2D eigenvalue weighted by atomic mass is 15.1. The highest BCUT2D eigenvalue weighted by Crippen LogP contribution is 2.53. The molecule has 0 fully saturated rings. The van der Waals surface area contributed by atoms with Crippen molar-refractivity contribution in [2.24, 2.45) is 5.92 Å². The Balaban J connectivity index is 1.11. The quantitative estimate of drug-likeness (QED) is 0.160. The van der Waals surface area contributed by atoms with Gasteiger partial charge in [0.1, 0.15) is 0 Å². The van der Waals surface area contributed by atoms with E-state index in [1.165, 1.54) is 99.2 Å². The Kier molecular flexibility index (Phi) is 7.13. The number of allylic oxidation sites excluding steroid dienone is 5. The molecule has 3 aliphatic rings. The van der Waals surface area contributed by atoms with Gasteiger partial charge in [-0.3, -0.25) is 0 Å². The van der Waals surface area contributed by atoms with Gasteiger partial charge in [-0.25, -0.2) is 0 Å². The highest BCUT2D eigenvalue weighted by Gasteiger charge is 2.27. The number of hydrogen-bond acceptors (Lipinski definition) is 1. The van der Waals surface area contributed by atoms with E-state index in [9.17, 15) is 0 Å². The summed E-state index contributed by atoms with van der Waals surface area (Å²) in [4.78, 5) is 2.51. The lowest BCUT2D eigenvalue weighted by Gasteiger charge is -2.29. The third-order valence-electron chi connectivity index (χ3n) is 12.7. The molecule has 2 heteroatoms. The Bertz CT molecular complexity index is 3240. The molecule has 3 aliphatic carbocycles. The van der Waals surface area contributed by atoms with Crippen molar-refractivity contribution in [2.75, 3.05) is 4.90 Å². The minimum absolute atomic E-state index is 0.507. The SMILES string of the molecule is CC1C=CC=C(c2ccccc2-n2c3ccccc3c3ccc(N(c4ccc5c(c4)-c4cccc6cc7ccccc7c-5c46)c4cccc5c4C=CCC5)cc32)C1. The van der Waals surface area contributed by atoms with Gasteiger partial charge in [-0.1, -0.05) is 140 Å². The molecule has 12 rings (SSSR count). The molecule has 1 aromatic heterocycles. The Labute approximate surface area is 332 Å². The van der Waals surface area contributed by atoms with E-state index in [0.717, 1.165) is 30.6 Å². The van der Waals surface area contributed by atoms with Crippen molar-refractivity contribution in [3.8, 4) is 27.9 Å². The second-order valence-electron chi connectivity index (χ2n) is 16.1. The summed E-state index contributed by atoms with van der Waals surface area (Å²) in [6.45, 7) is 2.31. The Morgan fingerprint density at radius 3 is 2.32 bits per heavy atom. The number of hydrogen-bond donors (Lipinski definition) is 0. The molecule has 0 saturated carbocycles.